The fourth-order valence-electron chi connectivity index (χ4n) is 2.42. The van der Waals surface area contributed by atoms with Gasteiger partial charge in [0.25, 0.3) is 5.91 Å². The highest BCUT2D eigenvalue weighted by Crippen LogP contribution is 2.23. The molecule has 1 heterocycles. The van der Waals surface area contributed by atoms with E-state index in [9.17, 15) is 9.59 Å². The van der Waals surface area contributed by atoms with Gasteiger partial charge in [-0.15, -0.1) is 0 Å². The number of amides is 1. The Kier molecular flexibility index (Phi) is 4.61. The van der Waals surface area contributed by atoms with Gasteiger partial charge in [0.1, 0.15) is 17.1 Å². The van der Waals surface area contributed by atoms with Crippen LogP contribution in [0.15, 0.2) is 59.0 Å². The van der Waals surface area contributed by atoms with Crippen molar-refractivity contribution in [2.24, 2.45) is 0 Å². The van der Waals surface area contributed by atoms with E-state index in [1.54, 1.807) is 24.3 Å². The van der Waals surface area contributed by atoms with Crippen LogP contribution in [0.2, 0.25) is 0 Å². The van der Waals surface area contributed by atoms with Gasteiger partial charge < -0.3 is 14.5 Å². The topological polar surface area (TPSA) is 68.5 Å². The third kappa shape index (κ3) is 3.46. The number of aldehydes is 1. The molecular weight excluding hydrogens is 306 g/mol. The lowest BCUT2D eigenvalue weighted by Gasteiger charge is -2.12. The van der Waals surface area contributed by atoms with Crippen LogP contribution in [0.5, 0.6) is 5.75 Å². The quantitative estimate of drug-likeness (QED) is 0.705. The Bertz CT molecular complexity index is 835. The fraction of sp³-hybridized carbons (Fsp3) is 0.158. The van der Waals surface area contributed by atoms with Crippen molar-refractivity contribution >= 4 is 23.2 Å². The first kappa shape index (κ1) is 15.8. The molecule has 0 aliphatic rings. The summed E-state index contributed by atoms with van der Waals surface area (Å²) in [5.41, 5.74) is 1.19. The molecule has 24 heavy (non-hydrogen) atoms. The number of benzene rings is 2. The van der Waals surface area contributed by atoms with Gasteiger partial charge in [0, 0.05) is 5.39 Å². The first-order valence-corrected chi connectivity index (χ1v) is 7.62. The van der Waals surface area contributed by atoms with Gasteiger partial charge in [-0.05, 0) is 31.2 Å². The number of hydrogen-bond acceptors (Lipinski definition) is 4. The van der Waals surface area contributed by atoms with Crippen LogP contribution in [0.25, 0.3) is 11.0 Å². The summed E-state index contributed by atoms with van der Waals surface area (Å²) in [6.45, 7) is 1.67. The van der Waals surface area contributed by atoms with E-state index in [2.05, 4.69) is 5.32 Å². The van der Waals surface area contributed by atoms with Crippen LogP contribution in [-0.4, -0.2) is 18.8 Å². The number of carbonyl (C=O) groups is 2. The molecule has 1 atom stereocenters. The van der Waals surface area contributed by atoms with Gasteiger partial charge in [-0.1, -0.05) is 30.3 Å². The minimum absolute atomic E-state index is 0.171. The Morgan fingerprint density at radius 1 is 1.21 bits per heavy atom. The van der Waals surface area contributed by atoms with Gasteiger partial charge in [-0.2, -0.15) is 0 Å². The molecule has 0 saturated heterocycles. The van der Waals surface area contributed by atoms with Gasteiger partial charge in [0.2, 0.25) is 0 Å². The maximum absolute atomic E-state index is 12.0. The molecule has 0 aliphatic carbocycles. The Labute approximate surface area is 139 Å². The van der Waals surface area contributed by atoms with Crippen molar-refractivity contribution in [3.63, 3.8) is 0 Å². The zero-order valence-electron chi connectivity index (χ0n) is 13.2. The summed E-state index contributed by atoms with van der Waals surface area (Å²) in [4.78, 5) is 23.0. The van der Waals surface area contributed by atoms with Gasteiger partial charge in [-0.3, -0.25) is 9.59 Å². The van der Waals surface area contributed by atoms with Crippen molar-refractivity contribution < 1.29 is 18.7 Å². The van der Waals surface area contributed by atoms with Crippen molar-refractivity contribution in [3.8, 4) is 5.75 Å². The molecule has 122 valence electrons. The lowest BCUT2D eigenvalue weighted by Crippen LogP contribution is -2.31. The molecule has 5 heteroatoms. The molecule has 0 fully saturated rings. The second-order valence-corrected chi connectivity index (χ2v) is 5.42. The highest BCUT2D eigenvalue weighted by molar-refractivity contribution is 5.81. The fourth-order valence-corrected chi connectivity index (χ4v) is 2.42. The molecule has 1 aromatic heterocycles. The van der Waals surface area contributed by atoms with Crippen molar-refractivity contribution in [1.82, 2.24) is 5.32 Å². The van der Waals surface area contributed by atoms with Crippen molar-refractivity contribution in [2.75, 3.05) is 6.61 Å². The van der Waals surface area contributed by atoms with Crippen LogP contribution in [0.1, 0.15) is 29.1 Å². The molecule has 5 nitrogen and oxygen atoms in total. The SMILES string of the molecule is C[C@H](NC(=O)COc1ccccc1C=O)c1cc2ccccc2o1. The van der Waals surface area contributed by atoms with E-state index < -0.39 is 0 Å². The average molecular weight is 323 g/mol. The lowest BCUT2D eigenvalue weighted by atomic mass is 10.2. The van der Waals surface area contributed by atoms with Gasteiger partial charge in [-0.25, -0.2) is 0 Å². The number of carbonyl (C=O) groups excluding carboxylic acids is 2. The van der Waals surface area contributed by atoms with Crippen molar-refractivity contribution in [2.45, 2.75) is 13.0 Å². The maximum Gasteiger partial charge on any atom is 0.258 e. The molecule has 0 radical (unpaired) electrons. The number of hydrogen-bond donors (Lipinski definition) is 1. The van der Waals surface area contributed by atoms with Gasteiger partial charge in [0.05, 0.1) is 11.6 Å². The smallest absolute Gasteiger partial charge is 0.258 e. The first-order chi connectivity index (χ1) is 11.7. The second-order valence-electron chi connectivity index (χ2n) is 5.42. The molecule has 3 rings (SSSR count). The van der Waals surface area contributed by atoms with Crippen LogP contribution in [0.4, 0.5) is 0 Å². The molecule has 0 bridgehead atoms. The van der Waals surface area contributed by atoms with E-state index in [0.717, 1.165) is 11.0 Å². The number of rotatable bonds is 6. The summed E-state index contributed by atoms with van der Waals surface area (Å²) in [6.07, 6.45) is 0.699. The molecule has 0 saturated carbocycles. The highest BCUT2D eigenvalue weighted by Gasteiger charge is 2.15. The minimum atomic E-state index is -0.288. The summed E-state index contributed by atoms with van der Waals surface area (Å²) in [5, 5.41) is 3.81. The molecule has 1 N–H and O–H groups in total. The summed E-state index contributed by atoms with van der Waals surface area (Å²) in [6, 6.07) is 16.1. The van der Waals surface area contributed by atoms with Crippen LogP contribution in [0, 0.1) is 0 Å². The van der Waals surface area contributed by atoms with E-state index in [1.807, 2.05) is 37.3 Å². The second kappa shape index (κ2) is 7.00. The summed E-state index contributed by atoms with van der Waals surface area (Å²) in [7, 11) is 0. The zero-order valence-corrected chi connectivity index (χ0v) is 13.2. The molecule has 3 aromatic rings. The number of para-hydroxylation sites is 2. The Balaban J connectivity index is 1.60. The maximum atomic E-state index is 12.0. The van der Waals surface area contributed by atoms with E-state index >= 15 is 0 Å². The molecular formula is C19H17NO4. The van der Waals surface area contributed by atoms with Crippen LogP contribution < -0.4 is 10.1 Å². The zero-order chi connectivity index (χ0) is 16.9. The number of ether oxygens (including phenoxy) is 1. The van der Waals surface area contributed by atoms with Crippen LogP contribution in [0.3, 0.4) is 0 Å². The predicted molar refractivity (Wildman–Crippen MR) is 90.1 cm³/mol. The van der Waals surface area contributed by atoms with Crippen LogP contribution >= 0.6 is 0 Å². The van der Waals surface area contributed by atoms with Crippen molar-refractivity contribution in [1.29, 1.82) is 0 Å². The number of fused-ring (bicyclic) bond motifs is 1. The van der Waals surface area contributed by atoms with E-state index in [0.29, 0.717) is 23.4 Å². The minimum Gasteiger partial charge on any atom is -0.483 e. The van der Waals surface area contributed by atoms with Crippen LogP contribution in [-0.2, 0) is 4.79 Å². The third-order valence-electron chi connectivity index (χ3n) is 3.65. The highest BCUT2D eigenvalue weighted by atomic mass is 16.5. The lowest BCUT2D eigenvalue weighted by molar-refractivity contribution is -0.123. The normalized spacial score (nSPS) is 11.9. The molecule has 1 amide bonds. The molecule has 0 spiro atoms. The predicted octanol–water partition coefficient (Wildman–Crippen LogP) is 3.50. The monoisotopic (exact) mass is 323 g/mol. The molecule has 0 aliphatic heterocycles. The van der Waals surface area contributed by atoms with E-state index in [-0.39, 0.29) is 18.6 Å². The third-order valence-corrected chi connectivity index (χ3v) is 3.65. The standard InChI is InChI=1S/C19H17NO4/c1-13(18-10-14-6-2-5-9-17(14)24-18)20-19(22)12-23-16-8-4-3-7-15(16)11-21/h2-11,13H,12H2,1H3,(H,20,22)/t13-/m0/s1. The number of nitrogens with one attached hydrogen (secondary N) is 1. The molecule has 0 unspecified atom stereocenters. The summed E-state index contributed by atoms with van der Waals surface area (Å²) in [5.74, 6) is 0.778. The average Bonchev–Trinajstić information content (AvgIpc) is 3.04. The summed E-state index contributed by atoms with van der Waals surface area (Å²) < 4.78 is 11.1. The Hall–Kier alpha value is -3.08. The van der Waals surface area contributed by atoms with E-state index in [1.165, 1.54) is 0 Å². The van der Waals surface area contributed by atoms with E-state index in [4.69, 9.17) is 9.15 Å². The first-order valence-electron chi connectivity index (χ1n) is 7.62. The number of furan rings is 1. The Morgan fingerprint density at radius 2 is 1.96 bits per heavy atom. The largest absolute Gasteiger partial charge is 0.483 e. The summed E-state index contributed by atoms with van der Waals surface area (Å²) >= 11 is 0. The van der Waals surface area contributed by atoms with Gasteiger partial charge >= 0.3 is 0 Å². The van der Waals surface area contributed by atoms with Gasteiger partial charge in [0.15, 0.2) is 12.9 Å². The Morgan fingerprint density at radius 3 is 2.75 bits per heavy atom. The molecule has 2 aromatic carbocycles. The van der Waals surface area contributed by atoms with Crippen molar-refractivity contribution in [3.05, 3.63) is 65.9 Å².